The Kier molecular flexibility index (Phi) is 5.84. The summed E-state index contributed by atoms with van der Waals surface area (Å²) in [5, 5.41) is 8.82. The minimum atomic E-state index is -3.91. The molecule has 0 aliphatic carbocycles. The minimum Gasteiger partial charge on any atom is -0.497 e. The predicted molar refractivity (Wildman–Crippen MR) is 86.1 cm³/mol. The maximum absolute atomic E-state index is 13.1. The van der Waals surface area contributed by atoms with E-state index in [9.17, 15) is 8.42 Å². The molecular weight excluding hydrogens is 332 g/mol. The maximum atomic E-state index is 13.1. The highest BCUT2D eigenvalue weighted by Gasteiger charge is 2.29. The molecule has 0 unspecified atom stereocenters. The smallest absolute Gasteiger partial charge is 0.247 e. The van der Waals surface area contributed by atoms with Crippen LogP contribution in [0, 0.1) is 11.3 Å². The average molecular weight is 350 g/mol. The number of benzene rings is 1. The SMILES string of the molecule is COc1ccc(OC)c(S(=O)(=O)N(CCC#N)Cc2ccco2)c1. The highest BCUT2D eigenvalue weighted by atomic mass is 32.2. The van der Waals surface area contributed by atoms with Crippen LogP contribution in [0.1, 0.15) is 12.2 Å². The summed E-state index contributed by atoms with van der Waals surface area (Å²) in [6.07, 6.45) is 1.53. The molecule has 0 aliphatic rings. The van der Waals surface area contributed by atoms with Crippen LogP contribution in [0.4, 0.5) is 0 Å². The summed E-state index contributed by atoms with van der Waals surface area (Å²) < 4.78 is 42.8. The van der Waals surface area contributed by atoms with Crippen molar-refractivity contribution in [3.8, 4) is 17.6 Å². The highest BCUT2D eigenvalue weighted by molar-refractivity contribution is 7.89. The van der Waals surface area contributed by atoms with Gasteiger partial charge in [0.2, 0.25) is 10.0 Å². The number of hydrogen-bond acceptors (Lipinski definition) is 6. The normalized spacial score (nSPS) is 11.2. The number of methoxy groups -OCH3 is 2. The summed E-state index contributed by atoms with van der Waals surface area (Å²) in [6, 6.07) is 9.86. The van der Waals surface area contributed by atoms with Crippen LogP contribution in [-0.4, -0.2) is 33.5 Å². The van der Waals surface area contributed by atoms with Gasteiger partial charge < -0.3 is 13.9 Å². The topological polar surface area (TPSA) is 92.8 Å². The van der Waals surface area contributed by atoms with Gasteiger partial charge in [-0.1, -0.05) is 0 Å². The minimum absolute atomic E-state index is 0.0196. The Morgan fingerprint density at radius 1 is 1.25 bits per heavy atom. The molecule has 0 saturated carbocycles. The fraction of sp³-hybridized carbons (Fsp3) is 0.312. The lowest BCUT2D eigenvalue weighted by Gasteiger charge is -2.21. The zero-order chi connectivity index (χ0) is 17.6. The van der Waals surface area contributed by atoms with Gasteiger partial charge in [-0.05, 0) is 24.3 Å². The Labute approximate surface area is 141 Å². The van der Waals surface area contributed by atoms with Gasteiger partial charge in [-0.25, -0.2) is 8.42 Å². The van der Waals surface area contributed by atoms with E-state index in [0.717, 1.165) is 0 Å². The van der Waals surface area contributed by atoms with Gasteiger partial charge in [0.25, 0.3) is 0 Å². The van der Waals surface area contributed by atoms with Crippen molar-refractivity contribution >= 4 is 10.0 Å². The highest BCUT2D eigenvalue weighted by Crippen LogP contribution is 2.31. The summed E-state index contributed by atoms with van der Waals surface area (Å²) >= 11 is 0. The van der Waals surface area contributed by atoms with E-state index in [1.807, 2.05) is 6.07 Å². The molecule has 0 fully saturated rings. The van der Waals surface area contributed by atoms with Gasteiger partial charge in [0, 0.05) is 19.0 Å². The predicted octanol–water partition coefficient (Wildman–Crippen LogP) is 2.40. The van der Waals surface area contributed by atoms with Crippen LogP contribution in [0.15, 0.2) is 45.9 Å². The molecule has 0 spiro atoms. The molecule has 7 nitrogen and oxygen atoms in total. The summed E-state index contributed by atoms with van der Waals surface area (Å²) in [4.78, 5) is -0.0196. The molecule has 0 saturated heterocycles. The molecular formula is C16H18N2O5S. The van der Waals surface area contributed by atoms with E-state index in [4.69, 9.17) is 19.2 Å². The van der Waals surface area contributed by atoms with E-state index < -0.39 is 10.0 Å². The van der Waals surface area contributed by atoms with Crippen molar-refractivity contribution in [1.29, 1.82) is 5.26 Å². The summed E-state index contributed by atoms with van der Waals surface area (Å²) in [6.45, 7) is 0.0667. The van der Waals surface area contributed by atoms with Crippen molar-refractivity contribution in [3.63, 3.8) is 0 Å². The first kappa shape index (κ1) is 17.8. The molecule has 0 aliphatic heterocycles. The first-order valence-corrected chi connectivity index (χ1v) is 8.58. The Morgan fingerprint density at radius 3 is 2.62 bits per heavy atom. The van der Waals surface area contributed by atoms with Crippen LogP contribution in [0.5, 0.6) is 11.5 Å². The third kappa shape index (κ3) is 3.88. The molecule has 1 aromatic carbocycles. The number of nitriles is 1. The van der Waals surface area contributed by atoms with Crippen molar-refractivity contribution < 1.29 is 22.3 Å². The fourth-order valence-corrected chi connectivity index (χ4v) is 3.74. The molecule has 1 heterocycles. The number of furan rings is 1. The Hall–Kier alpha value is -2.50. The number of rotatable bonds is 8. The molecule has 1 aromatic heterocycles. The van der Waals surface area contributed by atoms with Gasteiger partial charge in [-0.2, -0.15) is 9.57 Å². The molecule has 2 rings (SSSR count). The quantitative estimate of drug-likeness (QED) is 0.726. The lowest BCUT2D eigenvalue weighted by Crippen LogP contribution is -2.31. The Bertz CT molecular complexity index is 809. The largest absolute Gasteiger partial charge is 0.497 e. The molecule has 0 amide bonds. The molecule has 0 atom stereocenters. The van der Waals surface area contributed by atoms with Crippen molar-refractivity contribution in [2.24, 2.45) is 0 Å². The van der Waals surface area contributed by atoms with Gasteiger partial charge >= 0.3 is 0 Å². The van der Waals surface area contributed by atoms with Crippen LogP contribution in [0.2, 0.25) is 0 Å². The number of ether oxygens (including phenoxy) is 2. The lowest BCUT2D eigenvalue weighted by molar-refractivity contribution is 0.360. The summed E-state index contributed by atoms with van der Waals surface area (Å²) in [7, 11) is -1.06. The van der Waals surface area contributed by atoms with Crippen molar-refractivity contribution in [2.45, 2.75) is 17.9 Å². The van der Waals surface area contributed by atoms with Gasteiger partial charge in [0.05, 0.1) is 33.1 Å². The van der Waals surface area contributed by atoms with Crippen LogP contribution in [0.25, 0.3) is 0 Å². The Balaban J connectivity index is 2.45. The second-order valence-electron chi connectivity index (χ2n) is 4.84. The fourth-order valence-electron chi connectivity index (χ4n) is 2.16. The summed E-state index contributed by atoms with van der Waals surface area (Å²) in [5.41, 5.74) is 0. The molecule has 128 valence electrons. The van der Waals surface area contributed by atoms with Crippen LogP contribution < -0.4 is 9.47 Å². The Morgan fingerprint density at radius 2 is 2.04 bits per heavy atom. The third-order valence-corrected chi connectivity index (χ3v) is 5.24. The van der Waals surface area contributed by atoms with Gasteiger partial charge in [-0.3, -0.25) is 0 Å². The van der Waals surface area contributed by atoms with Crippen LogP contribution >= 0.6 is 0 Å². The first-order valence-electron chi connectivity index (χ1n) is 7.14. The zero-order valence-corrected chi connectivity index (χ0v) is 14.2. The van der Waals surface area contributed by atoms with E-state index in [-0.39, 0.29) is 30.2 Å². The van der Waals surface area contributed by atoms with E-state index in [1.165, 1.54) is 36.9 Å². The average Bonchev–Trinajstić information content (AvgIpc) is 3.10. The van der Waals surface area contributed by atoms with Crippen molar-refractivity contribution in [3.05, 3.63) is 42.4 Å². The lowest BCUT2D eigenvalue weighted by atomic mass is 10.3. The van der Waals surface area contributed by atoms with E-state index in [1.54, 1.807) is 18.2 Å². The molecule has 0 radical (unpaired) electrons. The van der Waals surface area contributed by atoms with Gasteiger partial charge in [-0.15, -0.1) is 0 Å². The number of nitrogens with zero attached hydrogens (tertiary/aromatic N) is 2. The molecule has 24 heavy (non-hydrogen) atoms. The van der Waals surface area contributed by atoms with E-state index in [2.05, 4.69) is 0 Å². The van der Waals surface area contributed by atoms with Crippen molar-refractivity contribution in [2.75, 3.05) is 20.8 Å². The van der Waals surface area contributed by atoms with Gasteiger partial charge in [0.15, 0.2) is 0 Å². The molecule has 0 bridgehead atoms. The molecule has 2 aromatic rings. The van der Waals surface area contributed by atoms with E-state index in [0.29, 0.717) is 11.5 Å². The maximum Gasteiger partial charge on any atom is 0.247 e. The van der Waals surface area contributed by atoms with Crippen LogP contribution in [-0.2, 0) is 16.6 Å². The first-order chi connectivity index (χ1) is 11.5. The number of sulfonamides is 1. The molecule has 0 N–H and O–H groups in total. The second-order valence-corrected chi connectivity index (χ2v) is 6.75. The van der Waals surface area contributed by atoms with E-state index >= 15 is 0 Å². The van der Waals surface area contributed by atoms with Crippen LogP contribution in [0.3, 0.4) is 0 Å². The van der Waals surface area contributed by atoms with Gasteiger partial charge in [0.1, 0.15) is 22.2 Å². The molecule has 8 heteroatoms. The van der Waals surface area contributed by atoms with Crippen molar-refractivity contribution in [1.82, 2.24) is 4.31 Å². The standard InChI is InChI=1S/C16H18N2O5S/c1-21-13-6-7-15(22-2)16(11-13)24(19,20)18(9-4-8-17)12-14-5-3-10-23-14/h3,5-7,10-11H,4,9,12H2,1-2H3. The number of hydrogen-bond donors (Lipinski definition) is 0. The monoisotopic (exact) mass is 350 g/mol. The zero-order valence-electron chi connectivity index (χ0n) is 13.4. The summed E-state index contributed by atoms with van der Waals surface area (Å²) in [5.74, 6) is 1.09. The third-order valence-electron chi connectivity index (χ3n) is 3.37. The second kappa shape index (κ2) is 7.86.